The van der Waals surface area contributed by atoms with Crippen molar-refractivity contribution in [3.63, 3.8) is 0 Å². The lowest BCUT2D eigenvalue weighted by molar-refractivity contribution is -0.345. The average Bonchev–Trinajstić information content (AvgIpc) is 2.92. The van der Waals surface area contributed by atoms with E-state index in [0.29, 0.717) is 13.0 Å². The molecule has 0 fully saturated rings. The molecule has 0 saturated heterocycles. The van der Waals surface area contributed by atoms with Crippen LogP contribution < -0.4 is 5.32 Å². The fourth-order valence-corrected chi connectivity index (χ4v) is 4.08. The first-order chi connectivity index (χ1) is 18.3. The third-order valence-electron chi connectivity index (χ3n) is 6.61. The lowest BCUT2D eigenvalue weighted by atomic mass is 10.0. The number of carbonyl (C=O) groups is 1. The van der Waals surface area contributed by atoms with Gasteiger partial charge < -0.3 is 50.7 Å². The smallest absolute Gasteiger partial charge is 0.251 e. The van der Waals surface area contributed by atoms with Crippen molar-refractivity contribution in [2.75, 3.05) is 19.8 Å². The SMILES string of the molecule is CCCCCCCCCCCCCCNC(=O)[C@H](O)[C@@H](O)[C@H](OOC1=COC(CO)[C@@H](O)C1O)[C@H](O)CO. The molecule has 1 aliphatic rings. The molecule has 1 amide bonds. The van der Waals surface area contributed by atoms with Gasteiger partial charge in [0.1, 0.15) is 36.8 Å². The summed E-state index contributed by atoms with van der Waals surface area (Å²) in [5.41, 5.74) is 0. The van der Waals surface area contributed by atoms with Crippen LogP contribution in [0, 0.1) is 0 Å². The van der Waals surface area contributed by atoms with Crippen molar-refractivity contribution >= 4 is 5.91 Å². The van der Waals surface area contributed by atoms with Crippen LogP contribution in [0.4, 0.5) is 0 Å². The third-order valence-corrected chi connectivity index (χ3v) is 6.61. The molecule has 0 radical (unpaired) electrons. The van der Waals surface area contributed by atoms with E-state index >= 15 is 0 Å². The van der Waals surface area contributed by atoms with E-state index in [4.69, 9.17) is 19.6 Å². The third kappa shape index (κ3) is 12.6. The number of aliphatic hydroxyl groups excluding tert-OH is 7. The predicted octanol–water partition coefficient (Wildman–Crippen LogP) is 0.150. The number of amides is 1. The average molecular weight is 552 g/mol. The minimum absolute atomic E-state index is 0.297. The van der Waals surface area contributed by atoms with Gasteiger partial charge in [0.25, 0.3) is 5.91 Å². The zero-order valence-electron chi connectivity index (χ0n) is 22.5. The molecular weight excluding hydrogens is 502 g/mol. The molecule has 0 spiro atoms. The first kappa shape index (κ1) is 34.5. The Hall–Kier alpha value is -1.51. The van der Waals surface area contributed by atoms with Crippen molar-refractivity contribution in [3.8, 4) is 0 Å². The standard InChI is InChI=1S/C26H49NO11/c1-2-3-4-5-6-7-8-9-10-11-12-13-14-27-26(35)24(34)23(33)25(18(30)15-28)38-37-20-17-36-19(16-29)21(31)22(20)32/h17-19,21-25,28-34H,2-16H2,1H3,(H,27,35)/t18-,19?,21-,22?,23-,24-,25-/m1/s1. The van der Waals surface area contributed by atoms with E-state index in [1.807, 2.05) is 0 Å². The molecule has 2 unspecified atom stereocenters. The lowest BCUT2D eigenvalue weighted by Crippen LogP contribution is -2.53. The van der Waals surface area contributed by atoms with Gasteiger partial charge in [-0.2, -0.15) is 4.89 Å². The van der Waals surface area contributed by atoms with Gasteiger partial charge in [0.2, 0.25) is 5.76 Å². The van der Waals surface area contributed by atoms with Gasteiger partial charge in [-0.25, -0.2) is 0 Å². The Kier molecular flexibility index (Phi) is 18.5. The molecule has 12 heteroatoms. The van der Waals surface area contributed by atoms with Crippen LogP contribution in [0.3, 0.4) is 0 Å². The van der Waals surface area contributed by atoms with Gasteiger partial charge in [0, 0.05) is 6.54 Å². The first-order valence-electron chi connectivity index (χ1n) is 13.9. The normalized spacial score (nSPS) is 22.6. The molecule has 0 aromatic carbocycles. The highest BCUT2D eigenvalue weighted by Crippen LogP contribution is 2.22. The Labute approximate surface area is 225 Å². The van der Waals surface area contributed by atoms with E-state index < -0.39 is 67.6 Å². The maximum Gasteiger partial charge on any atom is 0.251 e. The number of aliphatic hydroxyl groups is 7. The highest BCUT2D eigenvalue weighted by Gasteiger charge is 2.40. The largest absolute Gasteiger partial charge is 0.489 e. The second kappa shape index (κ2) is 20.4. The highest BCUT2D eigenvalue weighted by molar-refractivity contribution is 5.81. The van der Waals surface area contributed by atoms with Crippen LogP contribution >= 0.6 is 0 Å². The van der Waals surface area contributed by atoms with Crippen molar-refractivity contribution in [1.82, 2.24) is 5.32 Å². The topological polar surface area (TPSA) is 198 Å². The summed E-state index contributed by atoms with van der Waals surface area (Å²) < 4.78 is 4.99. The molecule has 1 rings (SSSR count). The maximum absolute atomic E-state index is 12.3. The zero-order chi connectivity index (χ0) is 28.3. The summed E-state index contributed by atoms with van der Waals surface area (Å²) in [5.74, 6) is -1.34. The molecule has 0 aromatic heterocycles. The Morgan fingerprint density at radius 3 is 2.03 bits per heavy atom. The van der Waals surface area contributed by atoms with E-state index in [2.05, 4.69) is 12.2 Å². The number of hydrogen-bond donors (Lipinski definition) is 8. The molecule has 7 atom stereocenters. The quantitative estimate of drug-likeness (QED) is 0.0518. The molecule has 224 valence electrons. The van der Waals surface area contributed by atoms with Crippen molar-refractivity contribution in [1.29, 1.82) is 0 Å². The van der Waals surface area contributed by atoms with Gasteiger partial charge in [0.05, 0.1) is 13.2 Å². The lowest BCUT2D eigenvalue weighted by Gasteiger charge is -2.32. The minimum Gasteiger partial charge on any atom is -0.489 e. The van der Waals surface area contributed by atoms with Crippen LogP contribution in [0.5, 0.6) is 0 Å². The monoisotopic (exact) mass is 551 g/mol. The number of carbonyl (C=O) groups excluding carboxylic acids is 1. The van der Waals surface area contributed by atoms with Crippen LogP contribution in [0.15, 0.2) is 12.0 Å². The van der Waals surface area contributed by atoms with Crippen LogP contribution in [0.25, 0.3) is 0 Å². The van der Waals surface area contributed by atoms with E-state index in [-0.39, 0.29) is 0 Å². The Morgan fingerprint density at radius 1 is 0.947 bits per heavy atom. The zero-order valence-corrected chi connectivity index (χ0v) is 22.5. The minimum atomic E-state index is -2.01. The summed E-state index contributed by atoms with van der Waals surface area (Å²) in [7, 11) is 0. The molecule has 0 aliphatic carbocycles. The second-order valence-electron chi connectivity index (χ2n) is 9.82. The van der Waals surface area contributed by atoms with Crippen molar-refractivity contribution in [3.05, 3.63) is 12.0 Å². The second-order valence-corrected chi connectivity index (χ2v) is 9.82. The Morgan fingerprint density at radius 2 is 1.50 bits per heavy atom. The summed E-state index contributed by atoms with van der Waals surface area (Å²) >= 11 is 0. The summed E-state index contributed by atoms with van der Waals surface area (Å²) in [5, 5.41) is 71.4. The van der Waals surface area contributed by atoms with Gasteiger partial charge >= 0.3 is 0 Å². The summed E-state index contributed by atoms with van der Waals surface area (Å²) in [6.45, 7) is 1.04. The number of nitrogens with one attached hydrogen (secondary N) is 1. The van der Waals surface area contributed by atoms with Gasteiger partial charge in [-0.15, -0.1) is 0 Å². The summed E-state index contributed by atoms with van der Waals surface area (Å²) in [6, 6.07) is 0. The number of ether oxygens (including phenoxy) is 1. The fraction of sp³-hybridized carbons (Fsp3) is 0.885. The predicted molar refractivity (Wildman–Crippen MR) is 137 cm³/mol. The van der Waals surface area contributed by atoms with Crippen molar-refractivity contribution in [2.45, 2.75) is 127 Å². The molecule has 38 heavy (non-hydrogen) atoms. The van der Waals surface area contributed by atoms with Crippen LogP contribution in [-0.4, -0.2) is 104 Å². The number of unbranched alkanes of at least 4 members (excludes halogenated alkanes) is 11. The van der Waals surface area contributed by atoms with Crippen molar-refractivity contribution in [2.24, 2.45) is 0 Å². The molecule has 1 aliphatic heterocycles. The van der Waals surface area contributed by atoms with Crippen LogP contribution in [0.2, 0.25) is 0 Å². The molecule has 0 saturated carbocycles. The summed E-state index contributed by atoms with van der Waals surface area (Å²) in [6.07, 6.45) is 3.03. The number of hydrogen-bond acceptors (Lipinski definition) is 11. The van der Waals surface area contributed by atoms with E-state index in [1.165, 1.54) is 51.4 Å². The molecule has 12 nitrogen and oxygen atoms in total. The van der Waals surface area contributed by atoms with E-state index in [1.54, 1.807) is 0 Å². The van der Waals surface area contributed by atoms with Gasteiger partial charge in [-0.1, -0.05) is 77.6 Å². The Balaban J connectivity index is 2.34. The molecule has 0 aromatic rings. The van der Waals surface area contributed by atoms with Crippen LogP contribution in [0.1, 0.15) is 84.0 Å². The molecular formula is C26H49NO11. The van der Waals surface area contributed by atoms with Gasteiger partial charge in [-0.3, -0.25) is 4.79 Å². The fourth-order valence-electron chi connectivity index (χ4n) is 4.08. The van der Waals surface area contributed by atoms with Gasteiger partial charge in [-0.05, 0) is 6.42 Å². The molecule has 1 heterocycles. The summed E-state index contributed by atoms with van der Waals surface area (Å²) in [4.78, 5) is 22.0. The Bertz CT molecular complexity index is 651. The highest BCUT2D eigenvalue weighted by atomic mass is 17.2. The molecule has 0 bridgehead atoms. The number of rotatable bonds is 22. The molecule has 8 N–H and O–H groups in total. The first-order valence-corrected chi connectivity index (χ1v) is 13.9. The van der Waals surface area contributed by atoms with E-state index in [9.17, 15) is 35.4 Å². The van der Waals surface area contributed by atoms with Crippen molar-refractivity contribution < 1.29 is 55.1 Å². The van der Waals surface area contributed by atoms with Gasteiger partial charge in [0.15, 0.2) is 12.2 Å². The van der Waals surface area contributed by atoms with Crippen LogP contribution in [-0.2, 0) is 19.3 Å². The van der Waals surface area contributed by atoms with E-state index in [0.717, 1.165) is 25.5 Å². The maximum atomic E-state index is 12.3.